The smallest absolute Gasteiger partial charge is 0.0553 e. The molecule has 0 aliphatic carbocycles. The highest BCUT2D eigenvalue weighted by Crippen LogP contribution is 2.17. The van der Waals surface area contributed by atoms with E-state index in [9.17, 15) is 0 Å². The minimum atomic E-state index is 0.623. The molecule has 0 saturated heterocycles. The molecule has 0 spiro atoms. The van der Waals surface area contributed by atoms with Gasteiger partial charge in [0.25, 0.3) is 0 Å². The van der Waals surface area contributed by atoms with Crippen LogP contribution in [0.4, 0.5) is 0 Å². The molecule has 0 saturated carbocycles. The molecule has 1 aromatic rings. The summed E-state index contributed by atoms with van der Waals surface area (Å²) in [5.41, 5.74) is 9.53. The average Bonchev–Trinajstić information content (AvgIpc) is 2.26. The first-order valence-electron chi connectivity index (χ1n) is 5.13. The lowest BCUT2D eigenvalue weighted by molar-refractivity contribution is 0.218. The zero-order chi connectivity index (χ0) is 11.1. The van der Waals surface area contributed by atoms with E-state index in [1.807, 2.05) is 11.8 Å². The third kappa shape index (κ3) is 4.24. The van der Waals surface area contributed by atoms with Crippen LogP contribution in [0.5, 0.6) is 0 Å². The predicted molar refractivity (Wildman–Crippen MR) is 67.1 cm³/mol. The SMILES string of the molecule is COCCSCc1ccc(CN)cc1C. The van der Waals surface area contributed by atoms with E-state index in [1.54, 1.807) is 7.11 Å². The molecule has 3 heteroatoms. The van der Waals surface area contributed by atoms with Crippen molar-refractivity contribution in [2.75, 3.05) is 19.5 Å². The number of ether oxygens (including phenoxy) is 1. The zero-order valence-electron chi connectivity index (χ0n) is 9.45. The fourth-order valence-electron chi connectivity index (χ4n) is 1.37. The van der Waals surface area contributed by atoms with Gasteiger partial charge in [0.2, 0.25) is 0 Å². The molecule has 0 bridgehead atoms. The van der Waals surface area contributed by atoms with Gasteiger partial charge in [-0.15, -0.1) is 0 Å². The second kappa shape index (κ2) is 6.88. The molecular weight excluding hydrogens is 206 g/mol. The van der Waals surface area contributed by atoms with Crippen LogP contribution >= 0.6 is 11.8 Å². The summed E-state index contributed by atoms with van der Waals surface area (Å²) in [7, 11) is 1.74. The molecule has 0 fully saturated rings. The van der Waals surface area contributed by atoms with Crippen molar-refractivity contribution in [3.05, 3.63) is 34.9 Å². The van der Waals surface area contributed by atoms with Gasteiger partial charge < -0.3 is 10.5 Å². The van der Waals surface area contributed by atoms with Gasteiger partial charge in [-0.05, 0) is 23.6 Å². The summed E-state index contributed by atoms with van der Waals surface area (Å²) >= 11 is 1.90. The molecule has 0 aliphatic heterocycles. The van der Waals surface area contributed by atoms with Crippen LogP contribution in [-0.4, -0.2) is 19.5 Å². The summed E-state index contributed by atoms with van der Waals surface area (Å²) in [6.45, 7) is 3.59. The Kier molecular flexibility index (Phi) is 5.76. The Balaban J connectivity index is 2.47. The Morgan fingerprint density at radius 2 is 2.20 bits per heavy atom. The van der Waals surface area contributed by atoms with E-state index in [4.69, 9.17) is 10.5 Å². The third-order valence-corrected chi connectivity index (χ3v) is 3.30. The van der Waals surface area contributed by atoms with Gasteiger partial charge in [-0.2, -0.15) is 11.8 Å². The summed E-state index contributed by atoms with van der Waals surface area (Å²) < 4.78 is 5.01. The Hall–Kier alpha value is -0.510. The highest BCUT2D eigenvalue weighted by molar-refractivity contribution is 7.98. The van der Waals surface area contributed by atoms with Crippen molar-refractivity contribution in [1.29, 1.82) is 0 Å². The molecular formula is C12H19NOS. The number of aryl methyl sites for hydroxylation is 1. The van der Waals surface area contributed by atoms with Crippen LogP contribution in [0.15, 0.2) is 18.2 Å². The van der Waals surface area contributed by atoms with E-state index >= 15 is 0 Å². The first-order valence-corrected chi connectivity index (χ1v) is 6.28. The van der Waals surface area contributed by atoms with Crippen molar-refractivity contribution in [3.8, 4) is 0 Å². The van der Waals surface area contributed by atoms with E-state index in [1.165, 1.54) is 16.7 Å². The molecule has 2 N–H and O–H groups in total. The molecule has 0 aliphatic rings. The van der Waals surface area contributed by atoms with E-state index in [2.05, 4.69) is 25.1 Å². The van der Waals surface area contributed by atoms with Gasteiger partial charge in [0.05, 0.1) is 6.61 Å². The molecule has 2 nitrogen and oxygen atoms in total. The Morgan fingerprint density at radius 3 is 2.80 bits per heavy atom. The minimum absolute atomic E-state index is 0.623. The Morgan fingerprint density at radius 1 is 1.40 bits per heavy atom. The fourth-order valence-corrected chi connectivity index (χ4v) is 2.34. The molecule has 0 aromatic heterocycles. The lowest BCUT2D eigenvalue weighted by Gasteiger charge is -2.07. The summed E-state index contributed by atoms with van der Waals surface area (Å²) in [5.74, 6) is 2.11. The van der Waals surface area contributed by atoms with Crippen molar-refractivity contribution < 1.29 is 4.74 Å². The molecule has 0 radical (unpaired) electrons. The maximum Gasteiger partial charge on any atom is 0.0553 e. The van der Waals surface area contributed by atoms with Crippen LogP contribution in [-0.2, 0) is 17.0 Å². The maximum absolute atomic E-state index is 5.59. The van der Waals surface area contributed by atoms with Crippen LogP contribution < -0.4 is 5.73 Å². The molecule has 0 atom stereocenters. The van der Waals surface area contributed by atoms with Crippen LogP contribution in [0.1, 0.15) is 16.7 Å². The second-order valence-corrected chi connectivity index (χ2v) is 4.62. The van der Waals surface area contributed by atoms with Crippen molar-refractivity contribution in [1.82, 2.24) is 0 Å². The van der Waals surface area contributed by atoms with E-state index in [-0.39, 0.29) is 0 Å². The lowest BCUT2D eigenvalue weighted by atomic mass is 10.1. The van der Waals surface area contributed by atoms with E-state index < -0.39 is 0 Å². The molecule has 1 aromatic carbocycles. The fraction of sp³-hybridized carbons (Fsp3) is 0.500. The first kappa shape index (κ1) is 12.6. The topological polar surface area (TPSA) is 35.2 Å². The second-order valence-electron chi connectivity index (χ2n) is 3.51. The Labute approximate surface area is 96.2 Å². The van der Waals surface area contributed by atoms with Gasteiger partial charge >= 0.3 is 0 Å². The lowest BCUT2D eigenvalue weighted by Crippen LogP contribution is -1.98. The first-order chi connectivity index (χ1) is 7.27. The molecule has 0 amide bonds. The van der Waals surface area contributed by atoms with Gasteiger partial charge in [0.1, 0.15) is 0 Å². The van der Waals surface area contributed by atoms with Gasteiger partial charge in [-0.1, -0.05) is 18.2 Å². The van der Waals surface area contributed by atoms with Crippen molar-refractivity contribution >= 4 is 11.8 Å². The average molecular weight is 225 g/mol. The number of benzene rings is 1. The van der Waals surface area contributed by atoms with Crippen LogP contribution in [0.3, 0.4) is 0 Å². The van der Waals surface area contributed by atoms with Crippen LogP contribution in [0.2, 0.25) is 0 Å². The van der Waals surface area contributed by atoms with E-state index in [0.29, 0.717) is 6.54 Å². The number of rotatable bonds is 6. The van der Waals surface area contributed by atoms with Crippen LogP contribution in [0, 0.1) is 6.92 Å². The highest BCUT2D eigenvalue weighted by Gasteiger charge is 1.99. The van der Waals surface area contributed by atoms with Gasteiger partial charge in [0.15, 0.2) is 0 Å². The molecule has 1 rings (SSSR count). The van der Waals surface area contributed by atoms with Crippen LogP contribution in [0.25, 0.3) is 0 Å². The number of methoxy groups -OCH3 is 1. The van der Waals surface area contributed by atoms with Crippen molar-refractivity contribution in [3.63, 3.8) is 0 Å². The quantitative estimate of drug-likeness (QED) is 0.755. The summed E-state index contributed by atoms with van der Waals surface area (Å²) in [4.78, 5) is 0. The summed E-state index contributed by atoms with van der Waals surface area (Å²) in [6, 6.07) is 6.46. The van der Waals surface area contributed by atoms with Gasteiger partial charge in [0, 0.05) is 25.2 Å². The van der Waals surface area contributed by atoms with E-state index in [0.717, 1.165) is 18.1 Å². The van der Waals surface area contributed by atoms with Gasteiger partial charge in [-0.25, -0.2) is 0 Å². The van der Waals surface area contributed by atoms with Crippen molar-refractivity contribution in [2.24, 2.45) is 5.73 Å². The predicted octanol–water partition coefficient (Wildman–Crippen LogP) is 2.33. The maximum atomic E-state index is 5.59. The number of thioether (sulfide) groups is 1. The summed E-state index contributed by atoms with van der Waals surface area (Å²) in [5, 5.41) is 0. The third-order valence-electron chi connectivity index (χ3n) is 2.33. The number of hydrogen-bond donors (Lipinski definition) is 1. The molecule has 0 heterocycles. The molecule has 0 unspecified atom stereocenters. The number of nitrogens with two attached hydrogens (primary N) is 1. The summed E-state index contributed by atoms with van der Waals surface area (Å²) in [6.07, 6.45) is 0. The highest BCUT2D eigenvalue weighted by atomic mass is 32.2. The van der Waals surface area contributed by atoms with Crippen molar-refractivity contribution in [2.45, 2.75) is 19.2 Å². The molecule has 84 valence electrons. The van der Waals surface area contributed by atoms with Gasteiger partial charge in [-0.3, -0.25) is 0 Å². The standard InChI is InChI=1S/C12H19NOS/c1-10-7-11(8-13)3-4-12(10)9-15-6-5-14-2/h3-4,7H,5-6,8-9,13H2,1-2H3. The largest absolute Gasteiger partial charge is 0.384 e. The monoisotopic (exact) mass is 225 g/mol. The number of hydrogen-bond acceptors (Lipinski definition) is 3. The minimum Gasteiger partial charge on any atom is -0.384 e. The zero-order valence-corrected chi connectivity index (χ0v) is 10.3. The molecule has 15 heavy (non-hydrogen) atoms. The normalized spacial score (nSPS) is 10.6. The Bertz CT molecular complexity index is 302.